The van der Waals surface area contributed by atoms with Gasteiger partial charge in [0.15, 0.2) is 17.3 Å². The van der Waals surface area contributed by atoms with E-state index in [0.29, 0.717) is 60.4 Å². The maximum atomic E-state index is 12.7. The van der Waals surface area contributed by atoms with E-state index in [4.69, 9.17) is 23.7 Å². The van der Waals surface area contributed by atoms with Gasteiger partial charge in [0.05, 0.1) is 40.1 Å². The third kappa shape index (κ3) is 5.55. The molecule has 1 amide bonds. The van der Waals surface area contributed by atoms with Crippen LogP contribution in [0.2, 0.25) is 0 Å². The predicted molar refractivity (Wildman–Crippen MR) is 114 cm³/mol. The molecule has 1 fully saturated rings. The maximum absolute atomic E-state index is 12.7. The Bertz CT molecular complexity index is 964. The van der Waals surface area contributed by atoms with Crippen molar-refractivity contribution < 1.29 is 33.3 Å². The second-order valence-corrected chi connectivity index (χ2v) is 6.64. The van der Waals surface area contributed by atoms with Crippen molar-refractivity contribution in [3.05, 3.63) is 53.6 Å². The Morgan fingerprint density at radius 3 is 2.29 bits per heavy atom. The summed E-state index contributed by atoms with van der Waals surface area (Å²) in [5.41, 5.74) is 1.10. The smallest absolute Gasteiger partial charge is 0.415 e. The highest BCUT2D eigenvalue weighted by Crippen LogP contribution is 2.30. The minimum absolute atomic E-state index is 0.238. The molecule has 0 N–H and O–H groups in total. The number of carbonyl (C=O) groups is 2. The summed E-state index contributed by atoms with van der Waals surface area (Å²) in [7, 11) is 4.52. The Kier molecular flexibility index (Phi) is 7.50. The first kappa shape index (κ1) is 22.2. The largest absolute Gasteiger partial charge is 0.497 e. The van der Waals surface area contributed by atoms with Crippen molar-refractivity contribution in [2.24, 2.45) is 0 Å². The highest BCUT2D eigenvalue weighted by Gasteiger charge is 2.20. The van der Waals surface area contributed by atoms with E-state index in [0.717, 1.165) is 0 Å². The van der Waals surface area contributed by atoms with Crippen LogP contribution in [0, 0.1) is 0 Å². The van der Waals surface area contributed by atoms with E-state index in [-0.39, 0.29) is 5.78 Å². The van der Waals surface area contributed by atoms with Crippen LogP contribution in [0.5, 0.6) is 23.0 Å². The Hall–Kier alpha value is -3.52. The lowest BCUT2D eigenvalue weighted by molar-refractivity contribution is 0.0413. The number of ether oxygens (including phenoxy) is 5. The molecule has 3 rings (SSSR count). The molecule has 8 nitrogen and oxygen atoms in total. The average Bonchev–Trinajstić information content (AvgIpc) is 2.83. The van der Waals surface area contributed by atoms with Crippen molar-refractivity contribution in [2.75, 3.05) is 47.6 Å². The van der Waals surface area contributed by atoms with Gasteiger partial charge in [0, 0.05) is 13.1 Å². The second kappa shape index (κ2) is 10.5. The minimum Gasteiger partial charge on any atom is -0.497 e. The van der Waals surface area contributed by atoms with Gasteiger partial charge in [-0.25, -0.2) is 4.79 Å². The van der Waals surface area contributed by atoms with Crippen LogP contribution in [-0.4, -0.2) is 64.4 Å². The number of methoxy groups -OCH3 is 3. The van der Waals surface area contributed by atoms with Crippen LogP contribution in [0.15, 0.2) is 42.5 Å². The lowest BCUT2D eigenvalue weighted by atomic mass is 10.1. The van der Waals surface area contributed by atoms with Crippen LogP contribution >= 0.6 is 0 Å². The zero-order chi connectivity index (χ0) is 22.2. The Morgan fingerprint density at radius 2 is 1.61 bits per heavy atom. The van der Waals surface area contributed by atoms with Crippen molar-refractivity contribution in [3.8, 4) is 23.0 Å². The fourth-order valence-electron chi connectivity index (χ4n) is 3.05. The molecule has 2 aromatic rings. The highest BCUT2D eigenvalue weighted by molar-refractivity contribution is 6.08. The van der Waals surface area contributed by atoms with E-state index in [1.54, 1.807) is 47.4 Å². The van der Waals surface area contributed by atoms with Gasteiger partial charge in [-0.15, -0.1) is 0 Å². The highest BCUT2D eigenvalue weighted by atomic mass is 16.6. The zero-order valence-electron chi connectivity index (χ0n) is 17.8. The summed E-state index contributed by atoms with van der Waals surface area (Å²) >= 11 is 0. The van der Waals surface area contributed by atoms with E-state index in [9.17, 15) is 9.59 Å². The van der Waals surface area contributed by atoms with Crippen molar-refractivity contribution >= 4 is 18.0 Å². The van der Waals surface area contributed by atoms with Crippen LogP contribution in [0.4, 0.5) is 4.79 Å². The molecule has 0 aromatic heterocycles. The topological polar surface area (TPSA) is 83.5 Å². The summed E-state index contributed by atoms with van der Waals surface area (Å²) in [6, 6.07) is 10.1. The van der Waals surface area contributed by atoms with Crippen LogP contribution in [0.3, 0.4) is 0 Å². The van der Waals surface area contributed by atoms with E-state index in [1.165, 1.54) is 27.4 Å². The van der Waals surface area contributed by atoms with Crippen LogP contribution in [-0.2, 0) is 4.74 Å². The van der Waals surface area contributed by atoms with Crippen molar-refractivity contribution in [1.82, 2.24) is 4.90 Å². The zero-order valence-corrected chi connectivity index (χ0v) is 17.8. The molecular formula is C23H25NO7. The summed E-state index contributed by atoms with van der Waals surface area (Å²) in [6.07, 6.45) is 2.63. The quantitative estimate of drug-likeness (QED) is 0.494. The molecule has 1 aliphatic heterocycles. The van der Waals surface area contributed by atoms with Gasteiger partial charge in [-0.05, 0) is 42.0 Å². The predicted octanol–water partition coefficient (Wildman–Crippen LogP) is 3.44. The Morgan fingerprint density at radius 1 is 0.903 bits per heavy atom. The number of carbonyl (C=O) groups excluding carboxylic acids is 2. The fraction of sp³-hybridized carbons (Fsp3) is 0.304. The van der Waals surface area contributed by atoms with Crippen LogP contribution in [0.1, 0.15) is 15.9 Å². The molecule has 164 valence electrons. The Balaban J connectivity index is 1.74. The molecule has 1 heterocycles. The molecule has 1 aliphatic rings. The third-order valence-electron chi connectivity index (χ3n) is 4.75. The van der Waals surface area contributed by atoms with E-state index < -0.39 is 6.09 Å². The van der Waals surface area contributed by atoms with Gasteiger partial charge in [0.2, 0.25) is 0 Å². The first-order valence-electron chi connectivity index (χ1n) is 9.72. The minimum atomic E-state index is -0.454. The molecule has 0 spiro atoms. The SMILES string of the molecule is COc1ccc(OC)c(C(=O)/C=C/c2ccc(OC(=O)N3CCOCC3)c(OC)c2)c1. The first-order chi connectivity index (χ1) is 15.0. The summed E-state index contributed by atoms with van der Waals surface area (Å²) in [5.74, 6) is 1.47. The number of ketones is 1. The van der Waals surface area contributed by atoms with E-state index in [1.807, 2.05) is 0 Å². The van der Waals surface area contributed by atoms with E-state index >= 15 is 0 Å². The normalized spacial score (nSPS) is 13.7. The number of morpholine rings is 1. The number of allylic oxidation sites excluding steroid dienone is 1. The standard InChI is InChI=1S/C23H25NO7/c1-27-17-6-9-20(28-2)18(15-17)19(25)7-4-16-5-8-21(22(14-16)29-3)31-23(26)24-10-12-30-13-11-24/h4-9,14-15H,10-13H2,1-3H3/b7-4+. The lowest BCUT2D eigenvalue weighted by Gasteiger charge is -2.26. The number of amides is 1. The van der Waals surface area contributed by atoms with Crippen molar-refractivity contribution in [1.29, 1.82) is 0 Å². The molecule has 0 radical (unpaired) electrons. The monoisotopic (exact) mass is 427 g/mol. The summed E-state index contributed by atoms with van der Waals surface area (Å²) in [4.78, 5) is 26.6. The fourth-order valence-corrected chi connectivity index (χ4v) is 3.05. The molecule has 8 heteroatoms. The molecule has 1 saturated heterocycles. The number of nitrogens with zero attached hydrogens (tertiary/aromatic N) is 1. The lowest BCUT2D eigenvalue weighted by Crippen LogP contribution is -2.42. The van der Waals surface area contributed by atoms with Crippen molar-refractivity contribution in [2.45, 2.75) is 0 Å². The maximum Gasteiger partial charge on any atom is 0.415 e. The van der Waals surface area contributed by atoms with Gasteiger partial charge in [-0.2, -0.15) is 0 Å². The number of hydrogen-bond donors (Lipinski definition) is 0. The number of hydrogen-bond acceptors (Lipinski definition) is 7. The van der Waals surface area contributed by atoms with Gasteiger partial charge < -0.3 is 28.6 Å². The van der Waals surface area contributed by atoms with Gasteiger partial charge in [0.25, 0.3) is 0 Å². The molecule has 0 atom stereocenters. The Labute approximate surface area is 180 Å². The number of benzene rings is 2. The molecule has 0 bridgehead atoms. The van der Waals surface area contributed by atoms with Gasteiger partial charge in [-0.3, -0.25) is 4.79 Å². The van der Waals surface area contributed by atoms with Gasteiger partial charge >= 0.3 is 6.09 Å². The molecule has 31 heavy (non-hydrogen) atoms. The summed E-state index contributed by atoms with van der Waals surface area (Å²) in [6.45, 7) is 1.94. The molecular weight excluding hydrogens is 402 g/mol. The summed E-state index contributed by atoms with van der Waals surface area (Å²) in [5, 5.41) is 0. The molecule has 0 saturated carbocycles. The van der Waals surface area contributed by atoms with Crippen LogP contribution in [0.25, 0.3) is 6.08 Å². The van der Waals surface area contributed by atoms with E-state index in [2.05, 4.69) is 0 Å². The van der Waals surface area contributed by atoms with Crippen LogP contribution < -0.4 is 18.9 Å². The second-order valence-electron chi connectivity index (χ2n) is 6.64. The average molecular weight is 427 g/mol. The van der Waals surface area contributed by atoms with Gasteiger partial charge in [-0.1, -0.05) is 12.1 Å². The molecule has 2 aromatic carbocycles. The molecule has 0 aliphatic carbocycles. The molecule has 0 unspecified atom stereocenters. The number of rotatable bonds is 7. The summed E-state index contributed by atoms with van der Waals surface area (Å²) < 4.78 is 26.5. The van der Waals surface area contributed by atoms with Crippen molar-refractivity contribution in [3.63, 3.8) is 0 Å². The first-order valence-corrected chi connectivity index (χ1v) is 9.72. The van der Waals surface area contributed by atoms with Gasteiger partial charge in [0.1, 0.15) is 11.5 Å². The third-order valence-corrected chi connectivity index (χ3v) is 4.75.